The highest BCUT2D eigenvalue weighted by atomic mass is 19.4. The highest BCUT2D eigenvalue weighted by Crippen LogP contribution is 2.34. The molecule has 4 rings (SSSR count). The van der Waals surface area contributed by atoms with Crippen LogP contribution in [-0.2, 0) is 24.4 Å². The largest absolute Gasteiger partial charge is 0.461 e. The number of aromatic nitrogens is 5. The predicted molar refractivity (Wildman–Crippen MR) is 118 cm³/mol. The van der Waals surface area contributed by atoms with Crippen LogP contribution in [0.4, 0.5) is 13.2 Å². The Hall–Kier alpha value is -3.89. The van der Waals surface area contributed by atoms with Gasteiger partial charge in [0.05, 0.1) is 29.2 Å². The number of halogens is 3. The Bertz CT molecular complexity index is 1450. The first-order valence-corrected chi connectivity index (χ1v) is 10.6. The maximum Gasteiger partial charge on any atom is 0.416 e. The van der Waals surface area contributed by atoms with Crippen LogP contribution in [0, 0.1) is 6.92 Å². The van der Waals surface area contributed by atoms with Gasteiger partial charge in [-0.05, 0) is 44.5 Å². The zero-order valence-corrected chi connectivity index (χ0v) is 19.0. The molecule has 0 unspecified atom stereocenters. The molecule has 3 aromatic heterocycles. The molecule has 4 aromatic rings. The topological polar surface area (TPSA) is 83.4 Å². The van der Waals surface area contributed by atoms with Crippen molar-refractivity contribution < 1.29 is 22.7 Å². The van der Waals surface area contributed by atoms with Crippen LogP contribution in [0.25, 0.3) is 22.6 Å². The molecule has 34 heavy (non-hydrogen) atoms. The number of aryl methyl sites for hydroxylation is 3. The summed E-state index contributed by atoms with van der Waals surface area (Å²) in [5, 5.41) is 4.11. The second-order valence-electron chi connectivity index (χ2n) is 7.64. The van der Waals surface area contributed by atoms with Gasteiger partial charge < -0.3 is 4.74 Å². The smallest absolute Gasteiger partial charge is 0.416 e. The third-order valence-corrected chi connectivity index (χ3v) is 5.45. The molecule has 178 valence electrons. The molecule has 0 saturated carbocycles. The van der Waals surface area contributed by atoms with Crippen LogP contribution in [0.1, 0.15) is 41.4 Å². The fourth-order valence-electron chi connectivity index (χ4n) is 3.96. The minimum absolute atomic E-state index is 0.00636. The van der Waals surface area contributed by atoms with E-state index in [0.717, 1.165) is 12.1 Å². The Morgan fingerprint density at radius 3 is 2.32 bits per heavy atom. The highest BCUT2D eigenvalue weighted by Gasteiger charge is 2.33. The van der Waals surface area contributed by atoms with Gasteiger partial charge in [0.1, 0.15) is 17.2 Å². The average Bonchev–Trinajstić information content (AvgIpc) is 3.28. The first kappa shape index (κ1) is 23.3. The van der Waals surface area contributed by atoms with E-state index in [0.29, 0.717) is 34.9 Å². The first-order chi connectivity index (χ1) is 16.1. The van der Waals surface area contributed by atoms with Gasteiger partial charge >= 0.3 is 17.8 Å². The molecule has 0 atom stereocenters. The van der Waals surface area contributed by atoms with Crippen LogP contribution in [0.3, 0.4) is 0 Å². The molecule has 1 aromatic carbocycles. The number of carbonyl (C=O) groups excluding carboxylic acids is 1. The summed E-state index contributed by atoms with van der Waals surface area (Å²) in [6, 6.07) is 8.58. The maximum absolute atomic E-state index is 13.5. The van der Waals surface area contributed by atoms with E-state index in [2.05, 4.69) is 10.1 Å². The van der Waals surface area contributed by atoms with Gasteiger partial charge in [-0.25, -0.2) is 23.8 Å². The van der Waals surface area contributed by atoms with Crippen LogP contribution in [0.2, 0.25) is 0 Å². The molecule has 0 aliphatic rings. The summed E-state index contributed by atoms with van der Waals surface area (Å²) in [7, 11) is 1.56. The summed E-state index contributed by atoms with van der Waals surface area (Å²) in [5.74, 6) is -0.347. The molecular formula is C23H22F3N5O3. The number of hydrogen-bond donors (Lipinski definition) is 0. The van der Waals surface area contributed by atoms with E-state index in [9.17, 15) is 22.8 Å². The van der Waals surface area contributed by atoms with Crippen molar-refractivity contribution in [3.05, 3.63) is 69.7 Å². The Kier molecular flexibility index (Phi) is 5.80. The summed E-state index contributed by atoms with van der Waals surface area (Å²) in [6.45, 7) is 5.14. The van der Waals surface area contributed by atoms with Crippen LogP contribution in [0.5, 0.6) is 0 Å². The van der Waals surface area contributed by atoms with Crippen molar-refractivity contribution in [3.63, 3.8) is 0 Å². The van der Waals surface area contributed by atoms with Gasteiger partial charge in [0.25, 0.3) is 0 Å². The average molecular weight is 473 g/mol. The molecule has 8 nitrogen and oxygen atoms in total. The molecule has 0 bridgehead atoms. The number of esters is 1. The minimum Gasteiger partial charge on any atom is -0.461 e. The molecule has 11 heteroatoms. The number of rotatable bonds is 5. The second-order valence-corrected chi connectivity index (χ2v) is 7.64. The predicted octanol–water partition coefficient (Wildman–Crippen LogP) is 3.95. The number of ether oxygens (including phenoxy) is 1. The van der Waals surface area contributed by atoms with Gasteiger partial charge in [0.2, 0.25) is 0 Å². The molecule has 0 N–H and O–H groups in total. The Morgan fingerprint density at radius 2 is 1.79 bits per heavy atom. The number of pyridine rings is 1. The summed E-state index contributed by atoms with van der Waals surface area (Å²) in [4.78, 5) is 29.3. The molecule has 0 aliphatic carbocycles. The minimum atomic E-state index is -4.65. The van der Waals surface area contributed by atoms with E-state index >= 15 is 0 Å². The number of nitrogens with zero attached hydrogens (tertiary/aromatic N) is 5. The quantitative estimate of drug-likeness (QED) is 0.410. The summed E-state index contributed by atoms with van der Waals surface area (Å²) in [6.07, 6.45) is -4.25. The third kappa shape index (κ3) is 3.87. The van der Waals surface area contributed by atoms with E-state index in [-0.39, 0.29) is 23.6 Å². The molecular weight excluding hydrogens is 451 g/mol. The lowest BCUT2D eigenvalue weighted by Crippen LogP contribution is -2.21. The van der Waals surface area contributed by atoms with E-state index in [1.165, 1.54) is 13.6 Å². The van der Waals surface area contributed by atoms with Crippen LogP contribution in [0.15, 0.2) is 41.2 Å². The Balaban J connectivity index is 1.90. The van der Waals surface area contributed by atoms with E-state index < -0.39 is 17.7 Å². The fourth-order valence-corrected chi connectivity index (χ4v) is 3.96. The number of hydrogen-bond acceptors (Lipinski definition) is 5. The molecule has 0 aliphatic heterocycles. The van der Waals surface area contributed by atoms with Crippen molar-refractivity contribution >= 4 is 11.6 Å². The molecule has 0 fully saturated rings. The molecule has 0 radical (unpaired) electrons. The maximum atomic E-state index is 13.5. The van der Waals surface area contributed by atoms with Crippen molar-refractivity contribution in [3.8, 4) is 16.9 Å². The van der Waals surface area contributed by atoms with Gasteiger partial charge in [-0.2, -0.15) is 18.3 Å². The van der Waals surface area contributed by atoms with Gasteiger partial charge in [0.15, 0.2) is 0 Å². The molecule has 0 spiro atoms. The van der Waals surface area contributed by atoms with Crippen molar-refractivity contribution in [2.75, 3.05) is 6.61 Å². The molecule has 0 amide bonds. The summed E-state index contributed by atoms with van der Waals surface area (Å²) >= 11 is 0. The lowest BCUT2D eigenvalue weighted by molar-refractivity contribution is -0.137. The summed E-state index contributed by atoms with van der Waals surface area (Å²) < 4.78 is 49.6. The lowest BCUT2D eigenvalue weighted by Gasteiger charge is -2.12. The summed E-state index contributed by atoms with van der Waals surface area (Å²) in [5.41, 5.74) is 0.693. The highest BCUT2D eigenvalue weighted by molar-refractivity contribution is 5.89. The van der Waals surface area contributed by atoms with E-state index in [1.54, 1.807) is 45.2 Å². The number of carbonyl (C=O) groups is 1. The van der Waals surface area contributed by atoms with Gasteiger partial charge in [-0.3, -0.25) is 4.40 Å². The van der Waals surface area contributed by atoms with E-state index in [4.69, 9.17) is 4.74 Å². The SMILES string of the molecule is CCOC(=O)c1cc(C(F)(F)F)cc2nc(-c3ccc(-n4c(C)nn(C)c4=O)cc3)c(CC)n12. The van der Waals surface area contributed by atoms with Crippen molar-refractivity contribution in [2.45, 2.75) is 33.4 Å². The zero-order valence-electron chi connectivity index (χ0n) is 19.0. The Labute approximate surface area is 192 Å². The first-order valence-electron chi connectivity index (χ1n) is 10.6. The van der Waals surface area contributed by atoms with E-state index in [1.807, 2.05) is 6.92 Å². The second kappa shape index (κ2) is 8.47. The number of benzene rings is 1. The number of imidazole rings is 1. The van der Waals surface area contributed by atoms with Crippen molar-refractivity contribution in [2.24, 2.45) is 7.05 Å². The zero-order chi connectivity index (χ0) is 24.8. The third-order valence-electron chi connectivity index (χ3n) is 5.45. The Morgan fingerprint density at radius 1 is 1.12 bits per heavy atom. The molecule has 3 heterocycles. The van der Waals surface area contributed by atoms with Crippen molar-refractivity contribution in [1.82, 2.24) is 23.7 Å². The number of alkyl halides is 3. The van der Waals surface area contributed by atoms with Gasteiger partial charge in [-0.1, -0.05) is 19.1 Å². The normalized spacial score (nSPS) is 11.9. The van der Waals surface area contributed by atoms with Gasteiger partial charge in [0, 0.05) is 12.6 Å². The molecule has 0 saturated heterocycles. The monoisotopic (exact) mass is 473 g/mol. The van der Waals surface area contributed by atoms with Gasteiger partial charge in [-0.15, -0.1) is 0 Å². The standard InChI is InChI=1S/C23H22F3N5O3/c1-5-17-20(14-7-9-16(10-8-14)30-13(3)28-29(4)22(30)33)27-19-12-15(23(24,25)26)11-18(31(17)19)21(32)34-6-2/h7-12H,5-6H2,1-4H3. The van der Waals surface area contributed by atoms with Crippen molar-refractivity contribution in [1.29, 1.82) is 0 Å². The van der Waals surface area contributed by atoms with Crippen LogP contribution < -0.4 is 5.69 Å². The number of fused-ring (bicyclic) bond motifs is 1. The lowest BCUT2D eigenvalue weighted by atomic mass is 10.1. The fraction of sp³-hybridized carbons (Fsp3) is 0.304. The van der Waals surface area contributed by atoms with Crippen LogP contribution >= 0.6 is 0 Å². The van der Waals surface area contributed by atoms with Crippen LogP contribution in [-0.4, -0.2) is 36.3 Å².